The van der Waals surface area contributed by atoms with Gasteiger partial charge in [-0.25, -0.2) is 0 Å². The van der Waals surface area contributed by atoms with Crippen molar-refractivity contribution in [1.29, 1.82) is 0 Å². The van der Waals surface area contributed by atoms with Gasteiger partial charge in [-0.2, -0.15) is 0 Å². The van der Waals surface area contributed by atoms with Crippen molar-refractivity contribution in [2.75, 3.05) is 6.54 Å². The highest BCUT2D eigenvalue weighted by Gasteiger charge is 2.34. The Labute approximate surface area is 104 Å². The number of hydrogen-bond acceptors (Lipinski definition) is 4. The maximum absolute atomic E-state index is 12.2. The largest absolute Gasteiger partial charge is 0.504 e. The lowest BCUT2D eigenvalue weighted by molar-refractivity contribution is -0.121. The third kappa shape index (κ3) is 1.97. The van der Waals surface area contributed by atoms with Crippen molar-refractivity contribution in [3.63, 3.8) is 0 Å². The third-order valence-corrected chi connectivity index (χ3v) is 3.09. The minimum atomic E-state index is -0.640. The Morgan fingerprint density at radius 1 is 1.33 bits per heavy atom. The van der Waals surface area contributed by atoms with Gasteiger partial charge < -0.3 is 20.8 Å². The first kappa shape index (κ1) is 12.2. The molecule has 2 rings (SSSR count). The van der Waals surface area contributed by atoms with Crippen LogP contribution < -0.4 is 5.73 Å². The van der Waals surface area contributed by atoms with Gasteiger partial charge >= 0.3 is 0 Å². The number of carbonyl (C=O) groups is 2. The number of para-hydroxylation sites is 1. The van der Waals surface area contributed by atoms with Gasteiger partial charge in [-0.15, -0.1) is 0 Å². The van der Waals surface area contributed by atoms with Crippen LogP contribution in [-0.4, -0.2) is 39.5 Å². The van der Waals surface area contributed by atoms with Gasteiger partial charge in [0.25, 0.3) is 5.91 Å². The summed E-state index contributed by atoms with van der Waals surface area (Å²) in [6, 6.07) is 3.49. The lowest BCUT2D eigenvalue weighted by atomic mass is 10.1. The van der Waals surface area contributed by atoms with E-state index in [1.165, 1.54) is 23.1 Å². The first-order chi connectivity index (χ1) is 8.52. The number of phenols is 2. The molecule has 1 atom stereocenters. The molecular formula is C12H14N2O4. The number of nitrogens with zero attached hydrogens (tertiary/aromatic N) is 1. The van der Waals surface area contributed by atoms with Crippen LogP contribution in [0.15, 0.2) is 18.2 Å². The lowest BCUT2D eigenvalue weighted by Gasteiger charge is -2.22. The molecule has 1 unspecified atom stereocenters. The molecule has 1 aromatic carbocycles. The van der Waals surface area contributed by atoms with Crippen molar-refractivity contribution in [3.8, 4) is 11.5 Å². The van der Waals surface area contributed by atoms with Crippen LogP contribution in [0.4, 0.5) is 0 Å². The minimum absolute atomic E-state index is 0.0249. The number of rotatable bonds is 2. The molecule has 1 aromatic rings. The van der Waals surface area contributed by atoms with Crippen LogP contribution in [-0.2, 0) is 4.79 Å². The fraction of sp³-hybridized carbons (Fsp3) is 0.333. The highest BCUT2D eigenvalue weighted by molar-refractivity contribution is 6.00. The fourth-order valence-corrected chi connectivity index (χ4v) is 2.16. The molecule has 0 saturated carbocycles. The predicted molar refractivity (Wildman–Crippen MR) is 63.0 cm³/mol. The number of likely N-dealkylation sites (tertiary alicyclic amines) is 1. The van der Waals surface area contributed by atoms with E-state index in [9.17, 15) is 19.8 Å². The molecule has 96 valence electrons. The number of amides is 2. The first-order valence-corrected chi connectivity index (χ1v) is 5.63. The minimum Gasteiger partial charge on any atom is -0.504 e. The fourth-order valence-electron chi connectivity index (χ4n) is 2.16. The molecule has 6 nitrogen and oxygen atoms in total. The average molecular weight is 250 g/mol. The number of carbonyl (C=O) groups excluding carboxylic acids is 2. The molecule has 0 aliphatic carbocycles. The summed E-state index contributed by atoms with van der Waals surface area (Å²) in [6.45, 7) is 0.418. The smallest absolute Gasteiger partial charge is 0.258 e. The van der Waals surface area contributed by atoms with Crippen LogP contribution in [0.3, 0.4) is 0 Å². The number of aromatic hydroxyl groups is 2. The molecule has 1 saturated heterocycles. The Morgan fingerprint density at radius 3 is 2.72 bits per heavy atom. The van der Waals surface area contributed by atoms with Gasteiger partial charge in [-0.3, -0.25) is 9.59 Å². The molecule has 1 aliphatic rings. The third-order valence-electron chi connectivity index (χ3n) is 3.09. The van der Waals surface area contributed by atoms with Gasteiger partial charge in [-0.05, 0) is 25.0 Å². The number of phenolic OH excluding ortho intramolecular Hbond substituents is 2. The summed E-state index contributed by atoms with van der Waals surface area (Å²) < 4.78 is 0. The second-order valence-corrected chi connectivity index (χ2v) is 4.23. The normalized spacial score (nSPS) is 18.9. The van der Waals surface area contributed by atoms with E-state index >= 15 is 0 Å². The Kier molecular flexibility index (Phi) is 3.10. The zero-order valence-electron chi connectivity index (χ0n) is 9.67. The van der Waals surface area contributed by atoms with Crippen molar-refractivity contribution >= 4 is 11.8 Å². The van der Waals surface area contributed by atoms with Crippen LogP contribution in [0.2, 0.25) is 0 Å². The highest BCUT2D eigenvalue weighted by Crippen LogP contribution is 2.30. The Hall–Kier alpha value is -2.24. The second kappa shape index (κ2) is 4.56. The second-order valence-electron chi connectivity index (χ2n) is 4.23. The number of nitrogens with two attached hydrogens (primary N) is 1. The molecule has 0 aromatic heterocycles. The molecule has 6 heteroatoms. The number of hydrogen-bond donors (Lipinski definition) is 3. The van der Waals surface area contributed by atoms with Crippen molar-refractivity contribution in [2.24, 2.45) is 5.73 Å². The van der Waals surface area contributed by atoms with Crippen LogP contribution in [0.25, 0.3) is 0 Å². The van der Waals surface area contributed by atoms with E-state index in [-0.39, 0.29) is 11.3 Å². The van der Waals surface area contributed by atoms with E-state index in [0.29, 0.717) is 19.4 Å². The van der Waals surface area contributed by atoms with E-state index in [1.54, 1.807) is 0 Å². The van der Waals surface area contributed by atoms with Gasteiger partial charge in [0.05, 0.1) is 5.56 Å². The Balaban J connectivity index is 2.31. The zero-order valence-corrected chi connectivity index (χ0v) is 9.67. The predicted octanol–water partition coefficient (Wildman–Crippen LogP) is 0.188. The lowest BCUT2D eigenvalue weighted by Crippen LogP contribution is -2.43. The molecule has 1 heterocycles. The van der Waals surface area contributed by atoms with Gasteiger partial charge in [0, 0.05) is 6.54 Å². The quantitative estimate of drug-likeness (QED) is 0.651. The molecule has 2 amide bonds. The summed E-state index contributed by atoms with van der Waals surface area (Å²) >= 11 is 0. The summed E-state index contributed by atoms with van der Waals surface area (Å²) in [5, 5.41) is 19.0. The molecule has 0 bridgehead atoms. The van der Waals surface area contributed by atoms with E-state index in [0.717, 1.165) is 0 Å². The summed E-state index contributed by atoms with van der Waals surface area (Å²) in [5.41, 5.74) is 5.20. The highest BCUT2D eigenvalue weighted by atomic mass is 16.3. The van der Waals surface area contributed by atoms with Gasteiger partial charge in [0.1, 0.15) is 6.04 Å². The summed E-state index contributed by atoms with van der Waals surface area (Å²) in [4.78, 5) is 24.7. The molecule has 0 radical (unpaired) electrons. The summed E-state index contributed by atoms with van der Waals surface area (Å²) in [7, 11) is 0. The van der Waals surface area contributed by atoms with Gasteiger partial charge in [0.15, 0.2) is 11.5 Å². The molecular weight excluding hydrogens is 236 g/mol. The van der Waals surface area contributed by atoms with Gasteiger partial charge in [0.2, 0.25) is 5.91 Å². The molecule has 4 N–H and O–H groups in total. The SMILES string of the molecule is NC(=O)C1CCCN1C(=O)c1cccc(O)c1O. The number of benzene rings is 1. The van der Waals surface area contributed by atoms with Crippen LogP contribution in [0.1, 0.15) is 23.2 Å². The van der Waals surface area contributed by atoms with Crippen molar-refractivity contribution < 1.29 is 19.8 Å². The maximum Gasteiger partial charge on any atom is 0.258 e. The first-order valence-electron chi connectivity index (χ1n) is 5.63. The summed E-state index contributed by atoms with van der Waals surface area (Å²) in [5.74, 6) is -1.89. The molecule has 1 aliphatic heterocycles. The van der Waals surface area contributed by atoms with Gasteiger partial charge in [-0.1, -0.05) is 6.07 Å². The van der Waals surface area contributed by atoms with E-state index < -0.39 is 23.6 Å². The van der Waals surface area contributed by atoms with Crippen molar-refractivity contribution in [1.82, 2.24) is 4.90 Å². The molecule has 1 fully saturated rings. The average Bonchev–Trinajstić information content (AvgIpc) is 2.81. The topological polar surface area (TPSA) is 104 Å². The Morgan fingerprint density at radius 2 is 2.06 bits per heavy atom. The monoisotopic (exact) mass is 250 g/mol. The van der Waals surface area contributed by atoms with Crippen LogP contribution >= 0.6 is 0 Å². The van der Waals surface area contributed by atoms with Crippen molar-refractivity contribution in [3.05, 3.63) is 23.8 Å². The standard InChI is InChI=1S/C12H14N2O4/c13-11(17)8-4-2-6-14(8)12(18)7-3-1-5-9(15)10(7)16/h1,3,5,8,15-16H,2,4,6H2,(H2,13,17). The zero-order chi connectivity index (χ0) is 13.3. The van der Waals surface area contributed by atoms with Crippen molar-refractivity contribution in [2.45, 2.75) is 18.9 Å². The van der Waals surface area contributed by atoms with Crippen LogP contribution in [0.5, 0.6) is 11.5 Å². The Bertz CT molecular complexity index is 501. The van der Waals surface area contributed by atoms with E-state index in [2.05, 4.69) is 0 Å². The molecule has 0 spiro atoms. The molecule has 18 heavy (non-hydrogen) atoms. The van der Waals surface area contributed by atoms with E-state index in [4.69, 9.17) is 5.73 Å². The summed E-state index contributed by atoms with van der Waals surface area (Å²) in [6.07, 6.45) is 1.22. The number of primary amides is 1. The van der Waals surface area contributed by atoms with E-state index in [1.807, 2.05) is 0 Å². The maximum atomic E-state index is 12.2. The van der Waals surface area contributed by atoms with Crippen LogP contribution in [0, 0.1) is 0 Å².